The van der Waals surface area contributed by atoms with Gasteiger partial charge in [0.15, 0.2) is 0 Å². The molecule has 2 amide bonds. The lowest BCUT2D eigenvalue weighted by Gasteiger charge is -2.18. The van der Waals surface area contributed by atoms with Gasteiger partial charge in [0.1, 0.15) is 11.5 Å². The molecule has 0 aromatic heterocycles. The topological polar surface area (TPSA) is 67.9 Å². The van der Waals surface area contributed by atoms with Crippen molar-refractivity contribution < 1.29 is 19.1 Å². The Labute approximate surface area is 153 Å². The predicted octanol–water partition coefficient (Wildman–Crippen LogP) is 2.98. The van der Waals surface area contributed by atoms with Crippen molar-refractivity contribution in [2.24, 2.45) is 0 Å². The Kier molecular flexibility index (Phi) is 6.60. The van der Waals surface area contributed by atoms with Gasteiger partial charge in [0.05, 0.1) is 20.8 Å². The van der Waals surface area contributed by atoms with E-state index in [1.165, 1.54) is 19.1 Å². The molecule has 0 unspecified atom stereocenters. The van der Waals surface area contributed by atoms with Gasteiger partial charge >= 0.3 is 0 Å². The molecule has 2 aromatic rings. The van der Waals surface area contributed by atoms with Crippen LogP contribution in [0.4, 0.5) is 5.69 Å². The first-order valence-electron chi connectivity index (χ1n) is 8.34. The summed E-state index contributed by atoms with van der Waals surface area (Å²) in [4.78, 5) is 26.3. The van der Waals surface area contributed by atoms with Crippen molar-refractivity contribution in [3.63, 3.8) is 0 Å². The number of nitrogens with zero attached hydrogens (tertiary/aromatic N) is 1. The number of ether oxygens (including phenoxy) is 2. The fraction of sp³-hybridized carbons (Fsp3) is 0.300. The molecule has 26 heavy (non-hydrogen) atoms. The summed E-state index contributed by atoms with van der Waals surface area (Å²) in [6.45, 7) is 1.97. The Morgan fingerprint density at radius 1 is 1.04 bits per heavy atom. The number of hydrogen-bond acceptors (Lipinski definition) is 4. The largest absolute Gasteiger partial charge is 0.497 e. The molecular weight excluding hydrogens is 332 g/mol. The molecule has 0 radical (unpaired) electrons. The van der Waals surface area contributed by atoms with Gasteiger partial charge in [-0.2, -0.15) is 0 Å². The molecule has 2 rings (SSSR count). The van der Waals surface area contributed by atoms with E-state index in [1.807, 2.05) is 31.2 Å². The van der Waals surface area contributed by atoms with Gasteiger partial charge < -0.3 is 19.7 Å². The van der Waals surface area contributed by atoms with Gasteiger partial charge in [0.25, 0.3) is 5.91 Å². The Bertz CT molecular complexity index is 767. The van der Waals surface area contributed by atoms with Crippen LogP contribution in [-0.2, 0) is 11.2 Å². The van der Waals surface area contributed by atoms with Crippen molar-refractivity contribution >= 4 is 17.5 Å². The first-order valence-corrected chi connectivity index (χ1v) is 8.34. The maximum Gasteiger partial charge on any atom is 0.254 e. The summed E-state index contributed by atoms with van der Waals surface area (Å²) in [5.74, 6) is 0.489. The molecule has 0 aliphatic heterocycles. The van der Waals surface area contributed by atoms with Gasteiger partial charge in [-0.15, -0.1) is 0 Å². The van der Waals surface area contributed by atoms with Crippen LogP contribution in [0.1, 0.15) is 22.8 Å². The Morgan fingerprint density at radius 2 is 1.65 bits per heavy atom. The highest BCUT2D eigenvalue weighted by molar-refractivity contribution is 5.99. The predicted molar refractivity (Wildman–Crippen MR) is 101 cm³/mol. The summed E-state index contributed by atoms with van der Waals surface area (Å²) in [5, 5.41) is 2.86. The zero-order valence-electron chi connectivity index (χ0n) is 15.5. The van der Waals surface area contributed by atoms with E-state index in [1.54, 1.807) is 25.2 Å². The maximum absolute atomic E-state index is 12.6. The summed E-state index contributed by atoms with van der Waals surface area (Å²) < 4.78 is 10.4. The molecule has 0 saturated carbocycles. The van der Waals surface area contributed by atoms with Crippen LogP contribution in [0, 0.1) is 0 Å². The van der Waals surface area contributed by atoms with E-state index in [9.17, 15) is 9.59 Å². The molecule has 0 bridgehead atoms. The number of anilines is 1. The van der Waals surface area contributed by atoms with Crippen LogP contribution in [-0.4, -0.2) is 44.5 Å². The summed E-state index contributed by atoms with van der Waals surface area (Å²) >= 11 is 0. The second-order valence-electron chi connectivity index (χ2n) is 5.82. The normalized spacial score (nSPS) is 10.2. The van der Waals surface area contributed by atoms with Gasteiger partial charge in [0.2, 0.25) is 5.91 Å². The second-order valence-corrected chi connectivity index (χ2v) is 5.82. The van der Waals surface area contributed by atoms with Gasteiger partial charge in [-0.05, 0) is 30.2 Å². The lowest BCUT2D eigenvalue weighted by Crippen LogP contribution is -2.35. The van der Waals surface area contributed by atoms with Crippen LogP contribution in [0.15, 0.2) is 42.5 Å². The fourth-order valence-corrected chi connectivity index (χ4v) is 2.58. The van der Waals surface area contributed by atoms with Gasteiger partial charge in [0, 0.05) is 24.4 Å². The number of carbonyl (C=O) groups excluding carboxylic acids is 2. The minimum atomic E-state index is -0.291. The summed E-state index contributed by atoms with van der Waals surface area (Å²) in [6, 6.07) is 12.5. The minimum Gasteiger partial charge on any atom is -0.497 e. The Hall–Kier alpha value is -3.02. The molecule has 0 atom stereocenters. The molecular formula is C20H24N2O4. The van der Waals surface area contributed by atoms with Crippen molar-refractivity contribution in [3.8, 4) is 11.5 Å². The third kappa shape index (κ3) is 4.75. The van der Waals surface area contributed by atoms with E-state index in [0.717, 1.165) is 17.7 Å². The first-order chi connectivity index (χ1) is 12.5. The molecule has 0 saturated heterocycles. The number of likely N-dealkylation sites (N-methyl/N-ethyl adjacent to an activating group) is 1. The fourth-order valence-electron chi connectivity index (χ4n) is 2.58. The number of methoxy groups -OCH3 is 2. The molecule has 0 spiro atoms. The molecule has 138 valence electrons. The standard InChI is InChI=1S/C20H24N2O4/c1-5-14-8-6-7-9-18(14)21-19(23)13-22(2)20(24)15-10-16(25-3)12-17(11-15)26-4/h6-12H,5,13H2,1-4H3,(H,21,23). The average molecular weight is 356 g/mol. The van der Waals surface area contributed by atoms with E-state index in [0.29, 0.717) is 17.1 Å². The highest BCUT2D eigenvalue weighted by atomic mass is 16.5. The third-order valence-electron chi connectivity index (χ3n) is 4.00. The van der Waals surface area contributed by atoms with Crippen LogP contribution >= 0.6 is 0 Å². The van der Waals surface area contributed by atoms with E-state index in [2.05, 4.69) is 5.32 Å². The number of rotatable bonds is 7. The van der Waals surface area contributed by atoms with Crippen LogP contribution in [0.3, 0.4) is 0 Å². The number of para-hydroxylation sites is 1. The molecule has 6 nitrogen and oxygen atoms in total. The van der Waals surface area contributed by atoms with Crippen molar-refractivity contribution in [3.05, 3.63) is 53.6 Å². The average Bonchev–Trinajstić information content (AvgIpc) is 2.67. The van der Waals surface area contributed by atoms with Gasteiger partial charge in [-0.3, -0.25) is 9.59 Å². The van der Waals surface area contributed by atoms with Crippen LogP contribution < -0.4 is 14.8 Å². The van der Waals surface area contributed by atoms with Crippen molar-refractivity contribution in [1.82, 2.24) is 4.90 Å². The Morgan fingerprint density at radius 3 is 2.23 bits per heavy atom. The number of nitrogens with one attached hydrogen (secondary N) is 1. The van der Waals surface area contributed by atoms with Crippen LogP contribution in [0.5, 0.6) is 11.5 Å². The smallest absolute Gasteiger partial charge is 0.254 e. The van der Waals surface area contributed by atoms with E-state index < -0.39 is 0 Å². The molecule has 0 aliphatic rings. The molecule has 0 heterocycles. The number of carbonyl (C=O) groups is 2. The van der Waals surface area contributed by atoms with E-state index in [4.69, 9.17) is 9.47 Å². The lowest BCUT2D eigenvalue weighted by molar-refractivity contribution is -0.116. The van der Waals surface area contributed by atoms with Gasteiger partial charge in [-0.25, -0.2) is 0 Å². The van der Waals surface area contributed by atoms with Crippen LogP contribution in [0.2, 0.25) is 0 Å². The monoisotopic (exact) mass is 356 g/mol. The highest BCUT2D eigenvalue weighted by Crippen LogP contribution is 2.23. The Balaban J connectivity index is 2.08. The zero-order chi connectivity index (χ0) is 19.1. The zero-order valence-corrected chi connectivity index (χ0v) is 15.5. The number of hydrogen-bond donors (Lipinski definition) is 1. The van der Waals surface area contributed by atoms with Crippen molar-refractivity contribution in [2.45, 2.75) is 13.3 Å². The first kappa shape index (κ1) is 19.3. The SMILES string of the molecule is CCc1ccccc1NC(=O)CN(C)C(=O)c1cc(OC)cc(OC)c1. The van der Waals surface area contributed by atoms with Crippen molar-refractivity contribution in [2.75, 3.05) is 33.1 Å². The highest BCUT2D eigenvalue weighted by Gasteiger charge is 2.17. The lowest BCUT2D eigenvalue weighted by atomic mass is 10.1. The molecule has 0 fully saturated rings. The number of benzene rings is 2. The molecule has 1 N–H and O–H groups in total. The summed E-state index contributed by atoms with van der Waals surface area (Å²) in [7, 11) is 4.62. The minimum absolute atomic E-state index is 0.0591. The van der Waals surface area contributed by atoms with Crippen LogP contribution in [0.25, 0.3) is 0 Å². The second kappa shape index (κ2) is 8.89. The van der Waals surface area contributed by atoms with Gasteiger partial charge in [-0.1, -0.05) is 25.1 Å². The quantitative estimate of drug-likeness (QED) is 0.828. The van der Waals surface area contributed by atoms with E-state index in [-0.39, 0.29) is 18.4 Å². The van der Waals surface area contributed by atoms with Crippen molar-refractivity contribution in [1.29, 1.82) is 0 Å². The number of aryl methyl sites for hydroxylation is 1. The maximum atomic E-state index is 12.6. The molecule has 0 aliphatic carbocycles. The third-order valence-corrected chi connectivity index (χ3v) is 4.00. The summed E-state index contributed by atoms with van der Waals surface area (Å²) in [5.41, 5.74) is 2.21. The van der Waals surface area contributed by atoms with E-state index >= 15 is 0 Å². The number of amides is 2. The summed E-state index contributed by atoms with van der Waals surface area (Å²) in [6.07, 6.45) is 0.814. The molecule has 2 aromatic carbocycles. The molecule has 6 heteroatoms.